The number of nitrogens with one attached hydrogen (secondary N) is 1. The number of aliphatic hydroxyl groups excluding tert-OH is 1. The number of pyridine rings is 1. The van der Waals surface area contributed by atoms with E-state index in [1.54, 1.807) is 24.5 Å². The molecular weight excluding hydrogens is 356 g/mol. The van der Waals surface area contributed by atoms with Crippen LogP contribution in [0.2, 0.25) is 0 Å². The van der Waals surface area contributed by atoms with Gasteiger partial charge in [-0.25, -0.2) is 13.1 Å². The topological polar surface area (TPSA) is 79.3 Å². The van der Waals surface area contributed by atoms with Crippen LogP contribution < -0.4 is 4.72 Å². The molecule has 0 bridgehead atoms. The van der Waals surface area contributed by atoms with E-state index in [0.717, 1.165) is 5.56 Å². The maximum Gasteiger partial charge on any atom is 0.241 e. The van der Waals surface area contributed by atoms with Gasteiger partial charge in [0.15, 0.2) is 0 Å². The fourth-order valence-electron chi connectivity index (χ4n) is 1.82. The van der Waals surface area contributed by atoms with Gasteiger partial charge in [0.2, 0.25) is 10.0 Å². The molecule has 1 aromatic heterocycles. The van der Waals surface area contributed by atoms with Crippen molar-refractivity contribution in [2.24, 2.45) is 0 Å². The molecule has 0 radical (unpaired) electrons. The molecule has 0 aliphatic rings. The smallest absolute Gasteiger partial charge is 0.241 e. The van der Waals surface area contributed by atoms with Crippen molar-refractivity contribution in [1.29, 1.82) is 0 Å². The number of benzene rings is 1. The number of aliphatic hydroxyl groups is 1. The van der Waals surface area contributed by atoms with Crippen molar-refractivity contribution >= 4 is 26.0 Å². The second-order valence-electron chi connectivity index (χ2n) is 4.43. The molecule has 0 unspecified atom stereocenters. The van der Waals surface area contributed by atoms with Crippen LogP contribution in [0.1, 0.15) is 11.1 Å². The Morgan fingerprint density at radius 1 is 1.14 bits per heavy atom. The normalized spacial score (nSPS) is 11.5. The highest BCUT2D eigenvalue weighted by atomic mass is 79.9. The Kier molecular flexibility index (Phi) is 5.46. The monoisotopic (exact) mass is 370 g/mol. The summed E-state index contributed by atoms with van der Waals surface area (Å²) < 4.78 is 27.5. The molecule has 21 heavy (non-hydrogen) atoms. The van der Waals surface area contributed by atoms with Gasteiger partial charge in [-0.2, -0.15) is 0 Å². The molecule has 0 aliphatic carbocycles. The molecule has 2 rings (SSSR count). The van der Waals surface area contributed by atoms with Crippen LogP contribution in [0, 0.1) is 0 Å². The summed E-state index contributed by atoms with van der Waals surface area (Å²) in [5.74, 6) is 0. The molecule has 1 heterocycles. The van der Waals surface area contributed by atoms with Crippen LogP contribution in [0.4, 0.5) is 0 Å². The first-order valence-electron chi connectivity index (χ1n) is 6.31. The van der Waals surface area contributed by atoms with E-state index in [0.29, 0.717) is 23.0 Å². The highest BCUT2D eigenvalue weighted by Crippen LogP contribution is 2.23. The first-order valence-corrected chi connectivity index (χ1v) is 8.58. The van der Waals surface area contributed by atoms with Crippen LogP contribution in [0.25, 0.3) is 0 Å². The maximum atomic E-state index is 12.2. The minimum Gasteiger partial charge on any atom is -0.392 e. The van der Waals surface area contributed by atoms with E-state index in [4.69, 9.17) is 5.11 Å². The van der Waals surface area contributed by atoms with Gasteiger partial charge in [0, 0.05) is 23.4 Å². The lowest BCUT2D eigenvalue weighted by Crippen LogP contribution is -2.26. The number of nitrogens with zero attached hydrogens (tertiary/aromatic N) is 1. The van der Waals surface area contributed by atoms with Crippen LogP contribution in [0.5, 0.6) is 0 Å². The third-order valence-corrected chi connectivity index (χ3v) is 5.36. The van der Waals surface area contributed by atoms with E-state index in [-0.39, 0.29) is 11.5 Å². The SMILES string of the molecule is O=S(=O)(NCCc1ccncc1)c1ccc(CO)cc1Br. The maximum absolute atomic E-state index is 12.2. The zero-order valence-electron chi connectivity index (χ0n) is 11.2. The fraction of sp³-hybridized carbons (Fsp3) is 0.214. The van der Waals surface area contributed by atoms with Gasteiger partial charge in [-0.05, 0) is 57.7 Å². The lowest BCUT2D eigenvalue weighted by molar-refractivity contribution is 0.281. The van der Waals surface area contributed by atoms with Gasteiger partial charge in [-0.1, -0.05) is 6.07 Å². The van der Waals surface area contributed by atoms with Gasteiger partial charge in [0.1, 0.15) is 0 Å². The molecule has 0 saturated heterocycles. The molecule has 2 aromatic rings. The lowest BCUT2D eigenvalue weighted by Gasteiger charge is -2.09. The lowest BCUT2D eigenvalue weighted by atomic mass is 10.2. The fourth-order valence-corrected chi connectivity index (χ4v) is 3.97. The van der Waals surface area contributed by atoms with Crippen molar-refractivity contribution in [3.05, 3.63) is 58.3 Å². The van der Waals surface area contributed by atoms with Crippen molar-refractivity contribution in [2.75, 3.05) is 6.54 Å². The van der Waals surface area contributed by atoms with Gasteiger partial charge in [0.25, 0.3) is 0 Å². The number of aromatic nitrogens is 1. The van der Waals surface area contributed by atoms with Gasteiger partial charge in [-0.15, -0.1) is 0 Å². The number of sulfonamides is 1. The highest BCUT2D eigenvalue weighted by Gasteiger charge is 2.17. The van der Waals surface area contributed by atoms with Gasteiger partial charge in [0.05, 0.1) is 11.5 Å². The zero-order valence-corrected chi connectivity index (χ0v) is 13.6. The molecule has 7 heteroatoms. The molecule has 0 fully saturated rings. The van der Waals surface area contributed by atoms with E-state index < -0.39 is 10.0 Å². The van der Waals surface area contributed by atoms with Crippen LogP contribution in [0.3, 0.4) is 0 Å². The largest absolute Gasteiger partial charge is 0.392 e. The average molecular weight is 371 g/mol. The standard InChI is InChI=1S/C14H15BrN2O3S/c15-13-9-12(10-18)1-2-14(13)21(19,20)17-8-5-11-3-6-16-7-4-11/h1-4,6-7,9,17-18H,5,8,10H2. The highest BCUT2D eigenvalue weighted by molar-refractivity contribution is 9.10. The summed E-state index contributed by atoms with van der Waals surface area (Å²) in [5, 5.41) is 9.03. The number of halogens is 1. The van der Waals surface area contributed by atoms with E-state index in [1.165, 1.54) is 6.07 Å². The summed E-state index contributed by atoms with van der Waals surface area (Å²) >= 11 is 3.22. The van der Waals surface area contributed by atoms with Crippen molar-refractivity contribution in [1.82, 2.24) is 9.71 Å². The van der Waals surface area contributed by atoms with Crippen LogP contribution in [0.15, 0.2) is 52.1 Å². The molecule has 5 nitrogen and oxygen atoms in total. The van der Waals surface area contributed by atoms with Crippen molar-refractivity contribution in [2.45, 2.75) is 17.9 Å². The Labute approximate surface area is 132 Å². The average Bonchev–Trinajstić information content (AvgIpc) is 2.47. The van der Waals surface area contributed by atoms with E-state index in [1.807, 2.05) is 12.1 Å². The third kappa shape index (κ3) is 4.34. The summed E-state index contributed by atoms with van der Waals surface area (Å²) in [6, 6.07) is 8.35. The zero-order chi connectivity index (χ0) is 15.3. The minimum absolute atomic E-state index is 0.131. The summed E-state index contributed by atoms with van der Waals surface area (Å²) in [6.45, 7) is 0.176. The Bertz CT molecular complexity index is 705. The number of hydrogen-bond donors (Lipinski definition) is 2. The van der Waals surface area contributed by atoms with Crippen molar-refractivity contribution in [3.8, 4) is 0 Å². The van der Waals surface area contributed by atoms with Crippen molar-refractivity contribution < 1.29 is 13.5 Å². The Morgan fingerprint density at radius 3 is 2.48 bits per heavy atom. The van der Waals surface area contributed by atoms with Crippen LogP contribution >= 0.6 is 15.9 Å². The Morgan fingerprint density at radius 2 is 1.86 bits per heavy atom. The Hall–Kier alpha value is -1.28. The molecule has 0 aliphatic heterocycles. The summed E-state index contributed by atoms with van der Waals surface area (Å²) in [5.41, 5.74) is 1.67. The molecule has 1 aromatic carbocycles. The Balaban J connectivity index is 2.05. The summed E-state index contributed by atoms with van der Waals surface area (Å²) in [4.78, 5) is 4.07. The van der Waals surface area contributed by atoms with E-state index in [9.17, 15) is 8.42 Å². The van der Waals surface area contributed by atoms with E-state index >= 15 is 0 Å². The quantitative estimate of drug-likeness (QED) is 0.813. The molecular formula is C14H15BrN2O3S. The van der Waals surface area contributed by atoms with Crippen molar-refractivity contribution in [3.63, 3.8) is 0 Å². The summed E-state index contributed by atoms with van der Waals surface area (Å²) in [6.07, 6.45) is 3.94. The summed E-state index contributed by atoms with van der Waals surface area (Å²) in [7, 11) is -3.58. The van der Waals surface area contributed by atoms with Crippen LogP contribution in [-0.2, 0) is 23.1 Å². The number of hydrogen-bond acceptors (Lipinski definition) is 4. The first-order chi connectivity index (χ1) is 10.0. The van der Waals surface area contributed by atoms with Crippen LogP contribution in [-0.4, -0.2) is 25.1 Å². The molecule has 0 spiro atoms. The molecule has 0 amide bonds. The predicted octanol–water partition coefficient (Wildman–Crippen LogP) is 1.86. The molecule has 0 saturated carbocycles. The predicted molar refractivity (Wildman–Crippen MR) is 83.2 cm³/mol. The second-order valence-corrected chi connectivity index (χ2v) is 7.02. The second kappa shape index (κ2) is 7.13. The first kappa shape index (κ1) is 16.1. The molecule has 112 valence electrons. The minimum atomic E-state index is -3.58. The van der Waals surface area contributed by atoms with Gasteiger partial charge >= 0.3 is 0 Å². The third-order valence-electron chi connectivity index (χ3n) is 2.92. The van der Waals surface area contributed by atoms with Gasteiger partial charge < -0.3 is 5.11 Å². The van der Waals surface area contributed by atoms with Gasteiger partial charge in [-0.3, -0.25) is 4.98 Å². The molecule has 0 atom stereocenters. The molecule has 2 N–H and O–H groups in total. The van der Waals surface area contributed by atoms with E-state index in [2.05, 4.69) is 25.6 Å². The number of rotatable bonds is 6.